The smallest absolute Gasteiger partial charge is 0.265 e. The molecule has 264 valence electrons. The van der Waals surface area contributed by atoms with E-state index in [0.29, 0.717) is 0 Å². The van der Waals surface area contributed by atoms with Gasteiger partial charge in [0.15, 0.2) is 0 Å². The molecule has 4 nitrogen and oxygen atoms in total. The predicted octanol–water partition coefficient (Wildman–Crippen LogP) is 11.7. The van der Waals surface area contributed by atoms with Crippen LogP contribution in [0, 0.1) is 0 Å². The van der Waals surface area contributed by atoms with Gasteiger partial charge < -0.3 is 18.8 Å². The first-order chi connectivity index (χ1) is 25.2. The highest BCUT2D eigenvalue weighted by molar-refractivity contribution is 6.99. The van der Waals surface area contributed by atoms with Gasteiger partial charge in [-0.25, -0.2) is 0 Å². The van der Waals surface area contributed by atoms with Crippen LogP contribution < -0.4 is 30.8 Å². The summed E-state index contributed by atoms with van der Waals surface area (Å²) in [6.07, 6.45) is 0. The number of rotatable bonds is 3. The van der Waals surface area contributed by atoms with Crippen LogP contribution in [0.2, 0.25) is 0 Å². The Labute approximate surface area is 313 Å². The van der Waals surface area contributed by atoms with E-state index in [0.717, 1.165) is 78.4 Å². The van der Waals surface area contributed by atoms with Crippen molar-refractivity contribution in [3.05, 3.63) is 132 Å². The third kappa shape index (κ3) is 5.43. The van der Waals surface area contributed by atoms with Gasteiger partial charge in [0.2, 0.25) is 0 Å². The van der Waals surface area contributed by atoms with E-state index in [1.54, 1.807) is 0 Å². The molecule has 53 heavy (non-hydrogen) atoms. The molecule has 0 fully saturated rings. The highest BCUT2D eigenvalue weighted by Crippen LogP contribution is 2.47. The number of anilines is 3. The Kier molecular flexibility index (Phi) is 7.28. The van der Waals surface area contributed by atoms with E-state index in [1.807, 2.05) is 12.1 Å². The van der Waals surface area contributed by atoms with Crippen LogP contribution in [0.3, 0.4) is 0 Å². The van der Waals surface area contributed by atoms with Crippen molar-refractivity contribution >= 4 is 62.1 Å². The summed E-state index contributed by atoms with van der Waals surface area (Å²) in [5.41, 5.74) is 11.9. The number of ether oxygens (including phenoxy) is 2. The highest BCUT2D eigenvalue weighted by Gasteiger charge is 2.43. The van der Waals surface area contributed by atoms with E-state index in [-0.39, 0.29) is 23.0 Å². The Bertz CT molecular complexity index is 2500. The van der Waals surface area contributed by atoms with Crippen LogP contribution in [0.15, 0.2) is 120 Å². The number of furan rings is 1. The molecule has 0 spiro atoms. The van der Waals surface area contributed by atoms with Crippen LogP contribution in [0.25, 0.3) is 21.9 Å². The molecular weight excluding hydrogens is 649 g/mol. The third-order valence-corrected chi connectivity index (χ3v) is 11.1. The lowest BCUT2D eigenvalue weighted by atomic mass is 9.34. The van der Waals surface area contributed by atoms with Crippen LogP contribution >= 0.6 is 0 Å². The van der Waals surface area contributed by atoms with Crippen molar-refractivity contribution in [1.82, 2.24) is 0 Å². The molecule has 0 N–H and O–H groups in total. The zero-order valence-electron chi connectivity index (χ0n) is 32.2. The standard InChI is InChI=1S/C48H46BNO3/c1-46(2,3)29-17-22-32(23-18-29)50(33-24-19-30(20-25-33)47(4,5)6)36-28-41-44(45-42(36)34-13-10-11-14-37(34)53-45)49-35-27-31(48(7,8)9)21-26-38(35)51-39-15-12-16-40(52-41)43(39)49/h10-28H,1-9H3. The maximum absolute atomic E-state index is 7.02. The normalized spacial score (nSPS) is 13.6. The van der Waals surface area contributed by atoms with Gasteiger partial charge in [-0.15, -0.1) is 0 Å². The first kappa shape index (κ1) is 33.4. The highest BCUT2D eigenvalue weighted by atomic mass is 16.5. The fourth-order valence-electron chi connectivity index (χ4n) is 8.07. The van der Waals surface area contributed by atoms with Crippen molar-refractivity contribution in [1.29, 1.82) is 0 Å². The molecule has 2 aliphatic heterocycles. The quantitative estimate of drug-likeness (QED) is 0.172. The molecular formula is C48H46BNO3. The molecule has 0 saturated heterocycles. The van der Waals surface area contributed by atoms with Crippen LogP contribution in [-0.4, -0.2) is 6.71 Å². The first-order valence-electron chi connectivity index (χ1n) is 18.8. The summed E-state index contributed by atoms with van der Waals surface area (Å²) in [4.78, 5) is 2.37. The second kappa shape index (κ2) is 11.5. The van der Waals surface area contributed by atoms with Gasteiger partial charge >= 0.3 is 0 Å². The van der Waals surface area contributed by atoms with Crippen LogP contribution in [-0.2, 0) is 16.2 Å². The molecule has 0 bridgehead atoms. The van der Waals surface area contributed by atoms with E-state index in [2.05, 4.69) is 170 Å². The zero-order chi connectivity index (χ0) is 37.0. The summed E-state index contributed by atoms with van der Waals surface area (Å²) < 4.78 is 20.6. The zero-order valence-corrected chi connectivity index (χ0v) is 32.2. The number of benzene rings is 6. The van der Waals surface area contributed by atoms with Crippen molar-refractivity contribution in [2.45, 2.75) is 78.6 Å². The van der Waals surface area contributed by atoms with Crippen molar-refractivity contribution in [2.24, 2.45) is 0 Å². The molecule has 1 aromatic heterocycles. The van der Waals surface area contributed by atoms with Gasteiger partial charge in [-0.05, 0) is 86.9 Å². The number of hydrogen-bond acceptors (Lipinski definition) is 4. The van der Waals surface area contributed by atoms with Gasteiger partial charge in [-0.3, -0.25) is 0 Å². The summed E-state index contributed by atoms with van der Waals surface area (Å²) in [6.45, 7) is 20.2. The maximum atomic E-state index is 7.02. The third-order valence-electron chi connectivity index (χ3n) is 11.1. The Balaban J connectivity index is 1.35. The molecule has 5 heteroatoms. The first-order valence-corrected chi connectivity index (χ1v) is 18.8. The fraction of sp³-hybridized carbons (Fsp3) is 0.250. The minimum atomic E-state index is -0.140. The molecule has 6 aromatic carbocycles. The number of fused-ring (bicyclic) bond motifs is 8. The van der Waals surface area contributed by atoms with Gasteiger partial charge in [0.05, 0.1) is 11.1 Å². The molecule has 9 rings (SSSR count). The van der Waals surface area contributed by atoms with Crippen LogP contribution in [0.5, 0.6) is 23.0 Å². The van der Waals surface area contributed by atoms with Gasteiger partial charge in [-0.2, -0.15) is 0 Å². The topological polar surface area (TPSA) is 34.8 Å². The van der Waals surface area contributed by atoms with Crippen molar-refractivity contribution in [3.63, 3.8) is 0 Å². The summed E-state index contributed by atoms with van der Waals surface area (Å²) in [7, 11) is 0. The van der Waals surface area contributed by atoms with E-state index < -0.39 is 0 Å². The largest absolute Gasteiger partial charge is 0.458 e. The minimum Gasteiger partial charge on any atom is -0.458 e. The summed E-state index contributed by atoms with van der Waals surface area (Å²) in [5.74, 6) is 3.29. The number of nitrogens with zero attached hydrogens (tertiary/aromatic N) is 1. The van der Waals surface area contributed by atoms with E-state index in [9.17, 15) is 0 Å². The van der Waals surface area contributed by atoms with E-state index >= 15 is 0 Å². The SMILES string of the molecule is CC(C)(C)c1ccc(N(c2ccc(C(C)(C)C)cc2)c2cc3c(c4oc5ccccc5c24)B2c4cc(C(C)(C)C)ccc4Oc4cccc(c42)O3)cc1. The summed E-state index contributed by atoms with van der Waals surface area (Å²) >= 11 is 0. The monoisotopic (exact) mass is 695 g/mol. The summed E-state index contributed by atoms with van der Waals surface area (Å²) in [5, 5.41) is 2.13. The van der Waals surface area contributed by atoms with Gasteiger partial charge in [0, 0.05) is 33.8 Å². The van der Waals surface area contributed by atoms with Gasteiger partial charge in [-0.1, -0.05) is 123 Å². The van der Waals surface area contributed by atoms with Gasteiger partial charge in [0.25, 0.3) is 6.71 Å². The summed E-state index contributed by atoms with van der Waals surface area (Å²) in [6, 6.07) is 41.5. The molecule has 2 aliphatic rings. The average molecular weight is 696 g/mol. The van der Waals surface area contributed by atoms with Crippen molar-refractivity contribution in [3.8, 4) is 23.0 Å². The fourth-order valence-corrected chi connectivity index (χ4v) is 8.07. The molecule has 7 aromatic rings. The second-order valence-electron chi connectivity index (χ2n) is 17.8. The molecule has 0 atom stereocenters. The number of hydrogen-bond donors (Lipinski definition) is 0. The molecule has 0 amide bonds. The molecule has 0 unspecified atom stereocenters. The van der Waals surface area contributed by atoms with E-state index in [1.165, 1.54) is 16.7 Å². The molecule has 0 aliphatic carbocycles. The Hall–Kier alpha value is -5.42. The lowest BCUT2D eigenvalue weighted by Gasteiger charge is -2.35. The van der Waals surface area contributed by atoms with Crippen LogP contribution in [0.1, 0.15) is 79.0 Å². The van der Waals surface area contributed by atoms with Crippen LogP contribution in [0.4, 0.5) is 17.1 Å². The Morgan fingerprint density at radius 2 is 1.04 bits per heavy atom. The average Bonchev–Trinajstić information content (AvgIpc) is 3.50. The predicted molar refractivity (Wildman–Crippen MR) is 222 cm³/mol. The Morgan fingerprint density at radius 1 is 0.491 bits per heavy atom. The lowest BCUT2D eigenvalue weighted by Crippen LogP contribution is -2.57. The van der Waals surface area contributed by atoms with Crippen molar-refractivity contribution < 1.29 is 13.9 Å². The molecule has 0 saturated carbocycles. The lowest BCUT2D eigenvalue weighted by molar-refractivity contribution is 0.464. The maximum Gasteiger partial charge on any atom is 0.265 e. The number of para-hydroxylation sites is 1. The van der Waals surface area contributed by atoms with Gasteiger partial charge in [0.1, 0.15) is 34.2 Å². The molecule has 3 heterocycles. The molecule has 0 radical (unpaired) electrons. The van der Waals surface area contributed by atoms with E-state index in [4.69, 9.17) is 13.9 Å². The minimum absolute atomic E-state index is 0.0322. The van der Waals surface area contributed by atoms with Crippen molar-refractivity contribution in [2.75, 3.05) is 4.90 Å². The second-order valence-corrected chi connectivity index (χ2v) is 17.8. The Morgan fingerprint density at radius 3 is 1.62 bits per heavy atom.